The largest absolute Gasteiger partial charge is 0.444 e. The standard InChI is InChI=1S/C17H18BrClF2N4O2/c1-17(2,3)27-16(26)25-5-4-22-7-10(25)13-8-6-9(20)11(18)12(21)14(8)24-15(19)23-13/h6,10,22H,4-5,7H2,1-3H3. The minimum atomic E-state index is -0.872. The molecule has 0 radical (unpaired) electrons. The van der Waals surface area contributed by atoms with Gasteiger partial charge in [0.05, 0.1) is 16.2 Å². The van der Waals surface area contributed by atoms with E-state index in [2.05, 4.69) is 31.2 Å². The summed E-state index contributed by atoms with van der Waals surface area (Å²) in [5.74, 6) is -1.66. The van der Waals surface area contributed by atoms with Gasteiger partial charge in [0.15, 0.2) is 5.82 Å². The molecule has 0 bridgehead atoms. The minimum absolute atomic E-state index is 0.118. The van der Waals surface area contributed by atoms with E-state index in [9.17, 15) is 13.6 Å². The van der Waals surface area contributed by atoms with Crippen molar-refractivity contribution in [1.82, 2.24) is 20.2 Å². The quantitative estimate of drug-likeness (QED) is 0.507. The number of nitrogens with one attached hydrogen (secondary N) is 1. The summed E-state index contributed by atoms with van der Waals surface area (Å²) in [6.45, 7) is 6.54. The minimum Gasteiger partial charge on any atom is -0.444 e. The van der Waals surface area contributed by atoms with Gasteiger partial charge >= 0.3 is 6.09 Å². The molecule has 1 aromatic heterocycles. The third kappa shape index (κ3) is 4.14. The van der Waals surface area contributed by atoms with Crippen molar-refractivity contribution in [3.05, 3.63) is 33.2 Å². The third-order valence-corrected chi connectivity index (χ3v) is 4.91. The lowest BCUT2D eigenvalue weighted by Gasteiger charge is -2.37. The Kier molecular flexibility index (Phi) is 5.56. The second kappa shape index (κ2) is 7.44. The van der Waals surface area contributed by atoms with Crippen LogP contribution < -0.4 is 5.32 Å². The molecule has 1 amide bonds. The monoisotopic (exact) mass is 462 g/mol. The maximum atomic E-state index is 14.5. The molecule has 0 saturated carbocycles. The van der Waals surface area contributed by atoms with Crippen molar-refractivity contribution in [3.8, 4) is 0 Å². The number of carbonyl (C=O) groups excluding carboxylic acids is 1. The van der Waals surface area contributed by atoms with Crippen LogP contribution in [0.2, 0.25) is 5.28 Å². The van der Waals surface area contributed by atoms with Gasteiger partial charge in [-0.15, -0.1) is 0 Å². The molecular weight excluding hydrogens is 446 g/mol. The van der Waals surface area contributed by atoms with Gasteiger partial charge in [-0.25, -0.2) is 23.5 Å². The van der Waals surface area contributed by atoms with Crippen LogP contribution in [0.5, 0.6) is 0 Å². The van der Waals surface area contributed by atoms with Crippen molar-refractivity contribution in [2.24, 2.45) is 0 Å². The molecule has 1 saturated heterocycles. The molecule has 1 aliphatic rings. The summed E-state index contributed by atoms with van der Waals surface area (Å²) >= 11 is 8.85. The summed E-state index contributed by atoms with van der Waals surface area (Å²) in [6, 6.07) is 0.521. The van der Waals surface area contributed by atoms with Crippen molar-refractivity contribution in [3.63, 3.8) is 0 Å². The van der Waals surface area contributed by atoms with E-state index < -0.39 is 29.4 Å². The average molecular weight is 464 g/mol. The molecule has 27 heavy (non-hydrogen) atoms. The normalized spacial score (nSPS) is 18.0. The van der Waals surface area contributed by atoms with Crippen molar-refractivity contribution >= 4 is 44.5 Å². The highest BCUT2D eigenvalue weighted by molar-refractivity contribution is 9.10. The number of hydrogen-bond acceptors (Lipinski definition) is 5. The van der Waals surface area contributed by atoms with E-state index in [4.69, 9.17) is 16.3 Å². The smallest absolute Gasteiger partial charge is 0.410 e. The third-order valence-electron chi connectivity index (χ3n) is 4.02. The Bertz CT molecular complexity index is 907. The van der Waals surface area contributed by atoms with Crippen molar-refractivity contribution in [1.29, 1.82) is 0 Å². The molecule has 10 heteroatoms. The van der Waals surface area contributed by atoms with Crippen LogP contribution in [0.15, 0.2) is 10.5 Å². The van der Waals surface area contributed by atoms with E-state index >= 15 is 0 Å². The first-order valence-electron chi connectivity index (χ1n) is 8.29. The van der Waals surface area contributed by atoms with Crippen LogP contribution in [0.1, 0.15) is 32.5 Å². The molecule has 6 nitrogen and oxygen atoms in total. The SMILES string of the molecule is CC(C)(C)OC(=O)N1CCNCC1c1nc(Cl)nc2c(F)c(Br)c(F)cc12. The molecule has 0 spiro atoms. The van der Waals surface area contributed by atoms with Crippen molar-refractivity contribution in [2.75, 3.05) is 19.6 Å². The van der Waals surface area contributed by atoms with Crippen LogP contribution >= 0.6 is 27.5 Å². The molecule has 1 unspecified atom stereocenters. The molecule has 146 valence electrons. The summed E-state index contributed by atoms with van der Waals surface area (Å²) < 4.78 is 33.8. The van der Waals surface area contributed by atoms with Crippen LogP contribution in [0, 0.1) is 11.6 Å². The number of amides is 1. The summed E-state index contributed by atoms with van der Waals surface area (Å²) in [6.07, 6.45) is -0.532. The van der Waals surface area contributed by atoms with E-state index in [0.717, 1.165) is 6.07 Å². The maximum Gasteiger partial charge on any atom is 0.410 e. The lowest BCUT2D eigenvalue weighted by molar-refractivity contribution is 0.0115. The number of benzene rings is 1. The number of nitrogens with zero attached hydrogens (tertiary/aromatic N) is 3. The van der Waals surface area contributed by atoms with E-state index in [1.54, 1.807) is 20.8 Å². The molecule has 2 heterocycles. The summed E-state index contributed by atoms with van der Waals surface area (Å²) in [5.41, 5.74) is -0.539. The number of rotatable bonds is 1. The van der Waals surface area contributed by atoms with Gasteiger partial charge in [-0.3, -0.25) is 4.90 Å². The number of carbonyl (C=O) groups is 1. The fraction of sp³-hybridized carbons (Fsp3) is 0.471. The number of halogens is 4. The van der Waals surface area contributed by atoms with Crippen LogP contribution in [-0.2, 0) is 4.74 Å². The van der Waals surface area contributed by atoms with Gasteiger partial charge < -0.3 is 10.1 Å². The number of fused-ring (bicyclic) bond motifs is 1. The van der Waals surface area contributed by atoms with Gasteiger partial charge in [-0.2, -0.15) is 0 Å². The van der Waals surface area contributed by atoms with Crippen molar-refractivity contribution < 1.29 is 18.3 Å². The van der Waals surface area contributed by atoms with Gasteiger partial charge in [0.25, 0.3) is 0 Å². The summed E-state index contributed by atoms with van der Waals surface area (Å²) in [7, 11) is 0. The highest BCUT2D eigenvalue weighted by Crippen LogP contribution is 2.34. The molecule has 3 rings (SSSR count). The zero-order chi connectivity index (χ0) is 19.9. The summed E-state index contributed by atoms with van der Waals surface area (Å²) in [5, 5.41) is 3.12. The number of ether oxygens (including phenoxy) is 1. The fourth-order valence-corrected chi connectivity index (χ4v) is 3.39. The molecule has 0 aliphatic carbocycles. The summed E-state index contributed by atoms with van der Waals surface area (Å²) in [4.78, 5) is 22.2. The Labute approximate surface area is 168 Å². The molecule has 2 aromatic rings. The van der Waals surface area contributed by atoms with Gasteiger partial charge in [0.1, 0.15) is 16.9 Å². The molecule has 1 N–H and O–H groups in total. The number of piperazine rings is 1. The average Bonchev–Trinajstić information content (AvgIpc) is 2.58. The molecule has 1 atom stereocenters. The van der Waals surface area contributed by atoms with E-state index in [0.29, 0.717) is 19.6 Å². The van der Waals surface area contributed by atoms with Gasteiger partial charge in [0.2, 0.25) is 5.28 Å². The Hall–Kier alpha value is -1.58. The Balaban J connectivity index is 2.13. The first-order chi connectivity index (χ1) is 12.6. The van der Waals surface area contributed by atoms with Crippen LogP contribution in [0.4, 0.5) is 13.6 Å². The van der Waals surface area contributed by atoms with Gasteiger partial charge in [0, 0.05) is 25.0 Å². The molecule has 1 fully saturated rings. The van der Waals surface area contributed by atoms with Crippen molar-refractivity contribution in [2.45, 2.75) is 32.4 Å². The predicted octanol–water partition coefficient (Wildman–Crippen LogP) is 4.21. The Morgan fingerprint density at radius 1 is 1.41 bits per heavy atom. The highest BCUT2D eigenvalue weighted by atomic mass is 79.9. The number of hydrogen-bond donors (Lipinski definition) is 1. The highest BCUT2D eigenvalue weighted by Gasteiger charge is 2.34. The molecule has 1 aromatic carbocycles. The van der Waals surface area contributed by atoms with E-state index in [-0.39, 0.29) is 26.4 Å². The molecule has 1 aliphatic heterocycles. The predicted molar refractivity (Wildman–Crippen MR) is 101 cm³/mol. The van der Waals surface area contributed by atoms with Gasteiger partial charge in [-0.05, 0) is 54.4 Å². The zero-order valence-electron chi connectivity index (χ0n) is 14.9. The van der Waals surface area contributed by atoms with Crippen LogP contribution in [0.25, 0.3) is 10.9 Å². The second-order valence-corrected chi connectivity index (χ2v) is 8.29. The lowest BCUT2D eigenvalue weighted by atomic mass is 10.0. The first kappa shape index (κ1) is 20.2. The molecular formula is C17H18BrClF2N4O2. The van der Waals surface area contributed by atoms with Crippen LogP contribution in [-0.4, -0.2) is 46.2 Å². The van der Waals surface area contributed by atoms with Crippen LogP contribution in [0.3, 0.4) is 0 Å². The Morgan fingerprint density at radius 3 is 2.78 bits per heavy atom. The van der Waals surface area contributed by atoms with Gasteiger partial charge in [-0.1, -0.05) is 0 Å². The van der Waals surface area contributed by atoms with E-state index in [1.165, 1.54) is 4.90 Å². The van der Waals surface area contributed by atoms with E-state index in [1.807, 2.05) is 0 Å². The second-order valence-electron chi connectivity index (χ2n) is 7.15. The zero-order valence-corrected chi connectivity index (χ0v) is 17.3. The Morgan fingerprint density at radius 2 is 2.11 bits per heavy atom. The maximum absolute atomic E-state index is 14.5. The fourth-order valence-electron chi connectivity index (χ4n) is 2.91. The first-order valence-corrected chi connectivity index (χ1v) is 9.46. The number of aromatic nitrogens is 2. The lowest BCUT2D eigenvalue weighted by Crippen LogP contribution is -2.50. The topological polar surface area (TPSA) is 67.3 Å².